The summed E-state index contributed by atoms with van der Waals surface area (Å²) < 4.78 is 23.0. The molecule has 1 amide bonds. The minimum atomic E-state index is -3.79. The Hall–Kier alpha value is -2.19. The number of primary sulfonamides is 1. The lowest BCUT2D eigenvalue weighted by molar-refractivity contribution is 0.0736. The molecule has 0 aliphatic rings. The van der Waals surface area contributed by atoms with E-state index in [1.54, 1.807) is 25.2 Å². The zero-order chi connectivity index (χ0) is 18.8. The molecule has 1 aromatic heterocycles. The number of nitrogens with two attached hydrogens (primary N) is 1. The fraction of sp³-hybridized carbons (Fsp3) is 0.412. The molecular formula is C17H24N4O3S. The van der Waals surface area contributed by atoms with Crippen LogP contribution in [0.15, 0.2) is 35.2 Å². The summed E-state index contributed by atoms with van der Waals surface area (Å²) in [6, 6.07) is 7.71. The minimum Gasteiger partial charge on any atom is -0.334 e. The van der Waals surface area contributed by atoms with Crippen molar-refractivity contribution in [1.82, 2.24) is 15.1 Å². The highest BCUT2D eigenvalue weighted by Crippen LogP contribution is 2.23. The number of benzene rings is 1. The predicted molar refractivity (Wildman–Crippen MR) is 95.5 cm³/mol. The highest BCUT2D eigenvalue weighted by Gasteiger charge is 2.22. The fourth-order valence-electron chi connectivity index (χ4n) is 2.55. The standard InChI is InChI=1S/C17H24N4O3S/c1-11(2)8-14-10-16(20-19-14)17(22)21(4)12(3)13-6-5-7-15(9-13)25(18,23)24/h5-7,9-12H,8H2,1-4H3,(H,19,20)(H2,18,23,24). The van der Waals surface area contributed by atoms with E-state index in [1.807, 2.05) is 6.92 Å². The van der Waals surface area contributed by atoms with Crippen LogP contribution < -0.4 is 5.14 Å². The van der Waals surface area contributed by atoms with Gasteiger partial charge in [-0.1, -0.05) is 26.0 Å². The van der Waals surface area contributed by atoms with Gasteiger partial charge in [0.25, 0.3) is 5.91 Å². The number of amides is 1. The highest BCUT2D eigenvalue weighted by atomic mass is 32.2. The Labute approximate surface area is 148 Å². The number of nitrogens with one attached hydrogen (secondary N) is 1. The smallest absolute Gasteiger partial charge is 0.274 e. The second-order valence-corrected chi connectivity index (χ2v) is 8.15. The van der Waals surface area contributed by atoms with E-state index in [1.165, 1.54) is 17.0 Å². The molecule has 1 atom stereocenters. The number of rotatable bonds is 6. The number of carbonyl (C=O) groups is 1. The summed E-state index contributed by atoms with van der Waals surface area (Å²) >= 11 is 0. The maximum absolute atomic E-state index is 12.6. The van der Waals surface area contributed by atoms with Gasteiger partial charge in [0.1, 0.15) is 5.69 Å². The summed E-state index contributed by atoms with van der Waals surface area (Å²) in [4.78, 5) is 14.2. The number of hydrogen-bond acceptors (Lipinski definition) is 4. The highest BCUT2D eigenvalue weighted by molar-refractivity contribution is 7.89. The van der Waals surface area contributed by atoms with Gasteiger partial charge in [-0.15, -0.1) is 0 Å². The lowest BCUT2D eigenvalue weighted by atomic mass is 10.1. The van der Waals surface area contributed by atoms with Crippen LogP contribution in [0.25, 0.3) is 0 Å². The van der Waals surface area contributed by atoms with Gasteiger partial charge in [-0.2, -0.15) is 5.10 Å². The maximum atomic E-state index is 12.6. The van der Waals surface area contributed by atoms with E-state index in [0.29, 0.717) is 17.2 Å². The largest absolute Gasteiger partial charge is 0.334 e. The van der Waals surface area contributed by atoms with E-state index in [0.717, 1.165) is 12.1 Å². The molecule has 136 valence electrons. The van der Waals surface area contributed by atoms with Crippen LogP contribution in [0.3, 0.4) is 0 Å². The van der Waals surface area contributed by atoms with Crippen LogP contribution in [-0.4, -0.2) is 36.5 Å². The van der Waals surface area contributed by atoms with Crippen molar-refractivity contribution in [2.24, 2.45) is 11.1 Å². The molecule has 0 saturated heterocycles. The third-order valence-electron chi connectivity index (χ3n) is 4.05. The molecule has 0 saturated carbocycles. The summed E-state index contributed by atoms with van der Waals surface area (Å²) in [5.74, 6) is 0.223. The SMILES string of the molecule is CC(C)Cc1cc(C(=O)N(C)C(C)c2cccc(S(N)(=O)=O)c2)n[nH]1. The van der Waals surface area contributed by atoms with E-state index < -0.39 is 10.0 Å². The van der Waals surface area contributed by atoms with Crippen molar-refractivity contribution in [2.45, 2.75) is 38.1 Å². The van der Waals surface area contributed by atoms with Crippen molar-refractivity contribution in [3.8, 4) is 0 Å². The summed E-state index contributed by atoms with van der Waals surface area (Å²) in [7, 11) is -2.13. The molecule has 2 rings (SSSR count). The number of H-pyrrole nitrogens is 1. The molecule has 25 heavy (non-hydrogen) atoms. The van der Waals surface area contributed by atoms with Gasteiger partial charge in [-0.05, 0) is 43.0 Å². The second-order valence-electron chi connectivity index (χ2n) is 6.59. The Kier molecular flexibility index (Phi) is 5.64. The molecular weight excluding hydrogens is 340 g/mol. The van der Waals surface area contributed by atoms with E-state index in [-0.39, 0.29) is 16.8 Å². The second kappa shape index (κ2) is 7.37. The third-order valence-corrected chi connectivity index (χ3v) is 4.96. The van der Waals surface area contributed by atoms with Gasteiger partial charge in [-0.25, -0.2) is 13.6 Å². The van der Waals surface area contributed by atoms with Crippen LogP contribution in [0.2, 0.25) is 0 Å². The van der Waals surface area contributed by atoms with Crippen LogP contribution in [0.4, 0.5) is 0 Å². The molecule has 0 radical (unpaired) electrons. The molecule has 1 aromatic carbocycles. The maximum Gasteiger partial charge on any atom is 0.274 e. The monoisotopic (exact) mass is 364 g/mol. The molecule has 2 aromatic rings. The van der Waals surface area contributed by atoms with Crippen LogP contribution in [-0.2, 0) is 16.4 Å². The van der Waals surface area contributed by atoms with Crippen molar-refractivity contribution in [3.05, 3.63) is 47.3 Å². The first-order chi connectivity index (χ1) is 11.6. The van der Waals surface area contributed by atoms with Gasteiger partial charge in [0, 0.05) is 12.7 Å². The van der Waals surface area contributed by atoms with Gasteiger partial charge in [-0.3, -0.25) is 9.89 Å². The Bertz CT molecular complexity index is 858. The van der Waals surface area contributed by atoms with Gasteiger partial charge in [0.2, 0.25) is 10.0 Å². The summed E-state index contributed by atoms with van der Waals surface area (Å²) in [5, 5.41) is 12.2. The van der Waals surface area contributed by atoms with Crippen molar-refractivity contribution < 1.29 is 13.2 Å². The predicted octanol–water partition coefficient (Wildman–Crippen LogP) is 2.09. The van der Waals surface area contributed by atoms with Crippen LogP contribution in [0.1, 0.15) is 48.6 Å². The number of aromatic amines is 1. The Balaban J connectivity index is 2.20. The molecule has 0 fully saturated rings. The molecule has 1 unspecified atom stereocenters. The molecule has 0 bridgehead atoms. The van der Waals surface area contributed by atoms with Crippen LogP contribution >= 0.6 is 0 Å². The molecule has 3 N–H and O–H groups in total. The van der Waals surface area contributed by atoms with Crippen molar-refractivity contribution in [1.29, 1.82) is 0 Å². The van der Waals surface area contributed by atoms with Crippen molar-refractivity contribution in [2.75, 3.05) is 7.05 Å². The first-order valence-electron chi connectivity index (χ1n) is 8.03. The zero-order valence-corrected chi connectivity index (χ0v) is 15.7. The number of nitrogens with zero attached hydrogens (tertiary/aromatic N) is 2. The number of carbonyl (C=O) groups excluding carboxylic acids is 1. The Morgan fingerprint density at radius 2 is 1.96 bits per heavy atom. The van der Waals surface area contributed by atoms with Gasteiger partial charge < -0.3 is 4.90 Å². The zero-order valence-electron chi connectivity index (χ0n) is 14.9. The average molecular weight is 364 g/mol. The fourth-order valence-corrected chi connectivity index (χ4v) is 3.12. The Morgan fingerprint density at radius 1 is 1.28 bits per heavy atom. The average Bonchev–Trinajstić information content (AvgIpc) is 2.99. The molecule has 0 spiro atoms. The van der Waals surface area contributed by atoms with Gasteiger partial charge in [0.15, 0.2) is 0 Å². The first kappa shape index (κ1) is 19.1. The number of aromatic nitrogens is 2. The van der Waals surface area contributed by atoms with Gasteiger partial charge >= 0.3 is 0 Å². The lowest BCUT2D eigenvalue weighted by Crippen LogP contribution is -2.30. The van der Waals surface area contributed by atoms with Gasteiger partial charge in [0.05, 0.1) is 10.9 Å². The van der Waals surface area contributed by atoms with Crippen molar-refractivity contribution in [3.63, 3.8) is 0 Å². The van der Waals surface area contributed by atoms with Crippen molar-refractivity contribution >= 4 is 15.9 Å². The minimum absolute atomic E-state index is 0.0247. The molecule has 0 aliphatic heterocycles. The number of hydrogen-bond donors (Lipinski definition) is 2. The lowest BCUT2D eigenvalue weighted by Gasteiger charge is -2.24. The van der Waals surface area contributed by atoms with E-state index in [4.69, 9.17) is 5.14 Å². The van der Waals surface area contributed by atoms with Crippen LogP contribution in [0.5, 0.6) is 0 Å². The third kappa shape index (κ3) is 4.67. The normalized spacial score (nSPS) is 13.0. The molecule has 0 aliphatic carbocycles. The molecule has 7 nitrogen and oxygen atoms in total. The summed E-state index contributed by atoms with van der Waals surface area (Å²) in [6.07, 6.45) is 0.815. The molecule has 8 heteroatoms. The van der Waals surface area contributed by atoms with E-state index in [9.17, 15) is 13.2 Å². The van der Waals surface area contributed by atoms with E-state index in [2.05, 4.69) is 24.0 Å². The van der Waals surface area contributed by atoms with E-state index >= 15 is 0 Å². The summed E-state index contributed by atoms with van der Waals surface area (Å²) in [6.45, 7) is 6.01. The number of sulfonamides is 1. The first-order valence-corrected chi connectivity index (χ1v) is 9.58. The summed E-state index contributed by atoms with van der Waals surface area (Å²) in [5.41, 5.74) is 1.93. The topological polar surface area (TPSA) is 109 Å². The van der Waals surface area contributed by atoms with Crippen LogP contribution in [0, 0.1) is 5.92 Å². The quantitative estimate of drug-likeness (QED) is 0.818. The Morgan fingerprint density at radius 3 is 2.56 bits per heavy atom. The molecule has 1 heterocycles.